The summed E-state index contributed by atoms with van der Waals surface area (Å²) in [6, 6.07) is 6.61. The number of rotatable bonds is 8. The van der Waals surface area contributed by atoms with Crippen LogP contribution in [0.1, 0.15) is 26.3 Å². The summed E-state index contributed by atoms with van der Waals surface area (Å²) in [6.07, 6.45) is 0. The van der Waals surface area contributed by atoms with E-state index in [0.717, 1.165) is 45.0 Å². The highest BCUT2D eigenvalue weighted by molar-refractivity contribution is 14.0. The second-order valence-electron chi connectivity index (χ2n) is 6.99. The molecule has 0 atom stereocenters. The van der Waals surface area contributed by atoms with Crippen molar-refractivity contribution in [2.75, 3.05) is 39.4 Å². The quantitative estimate of drug-likeness (QED) is 0.319. The summed E-state index contributed by atoms with van der Waals surface area (Å²) in [6.45, 7) is 8.74. The maximum absolute atomic E-state index is 12.4. The first kappa shape index (κ1) is 24.8. The smallest absolute Gasteiger partial charge is 0.387 e. The van der Waals surface area contributed by atoms with Gasteiger partial charge in [-0.3, -0.25) is 4.90 Å². The van der Waals surface area contributed by atoms with Crippen LogP contribution in [0.2, 0.25) is 0 Å². The fraction of sp³-hybridized carbons (Fsp3) is 0.632. The largest absolute Gasteiger partial charge is 0.435 e. The Morgan fingerprint density at radius 2 is 2.00 bits per heavy atom. The minimum atomic E-state index is -2.83. The third kappa shape index (κ3) is 8.44. The SMILES string of the molecule is CCNC(=NCc1cccc(OC(F)F)c1)NCC(C)(C)N1CCOCC1.I. The van der Waals surface area contributed by atoms with Crippen molar-refractivity contribution in [2.24, 2.45) is 4.99 Å². The minimum absolute atomic E-state index is 0. The van der Waals surface area contributed by atoms with E-state index in [1.54, 1.807) is 12.1 Å². The highest BCUT2D eigenvalue weighted by Crippen LogP contribution is 2.17. The van der Waals surface area contributed by atoms with Crippen LogP contribution >= 0.6 is 24.0 Å². The lowest BCUT2D eigenvalue weighted by atomic mass is 10.0. The van der Waals surface area contributed by atoms with Gasteiger partial charge in [-0.2, -0.15) is 8.78 Å². The summed E-state index contributed by atoms with van der Waals surface area (Å²) in [5.41, 5.74) is 0.767. The fourth-order valence-corrected chi connectivity index (χ4v) is 2.91. The van der Waals surface area contributed by atoms with Crippen LogP contribution in [-0.4, -0.2) is 62.4 Å². The summed E-state index contributed by atoms with van der Waals surface area (Å²) in [5, 5.41) is 6.60. The number of nitrogens with zero attached hydrogens (tertiary/aromatic N) is 2. The van der Waals surface area contributed by atoms with Gasteiger partial charge in [-0.25, -0.2) is 4.99 Å². The Kier molecular flexibility index (Phi) is 11.0. The summed E-state index contributed by atoms with van der Waals surface area (Å²) >= 11 is 0. The molecular formula is C19H31F2IN4O2. The van der Waals surface area contributed by atoms with Crippen LogP contribution in [-0.2, 0) is 11.3 Å². The minimum Gasteiger partial charge on any atom is -0.435 e. The molecule has 160 valence electrons. The topological polar surface area (TPSA) is 58.1 Å². The molecule has 2 N–H and O–H groups in total. The molecule has 6 nitrogen and oxygen atoms in total. The van der Waals surface area contributed by atoms with Crippen molar-refractivity contribution in [1.29, 1.82) is 0 Å². The van der Waals surface area contributed by atoms with Crippen molar-refractivity contribution >= 4 is 29.9 Å². The number of hydrogen-bond acceptors (Lipinski definition) is 4. The zero-order valence-electron chi connectivity index (χ0n) is 16.7. The summed E-state index contributed by atoms with van der Waals surface area (Å²) < 4.78 is 34.6. The number of halogens is 3. The first-order valence-electron chi connectivity index (χ1n) is 9.29. The molecule has 0 radical (unpaired) electrons. The predicted octanol–water partition coefficient (Wildman–Crippen LogP) is 3.07. The van der Waals surface area contributed by atoms with E-state index in [1.165, 1.54) is 6.07 Å². The lowest BCUT2D eigenvalue weighted by Crippen LogP contribution is -2.56. The molecule has 1 fully saturated rings. The highest BCUT2D eigenvalue weighted by Gasteiger charge is 2.28. The van der Waals surface area contributed by atoms with Gasteiger partial charge in [0, 0.05) is 31.7 Å². The summed E-state index contributed by atoms with van der Waals surface area (Å²) in [5.74, 6) is 0.836. The second kappa shape index (κ2) is 12.4. The molecule has 0 amide bonds. The Hall–Kier alpha value is -1.20. The standard InChI is InChI=1S/C19H30F2N4O2.HI/c1-4-22-18(24-14-19(2,3)25-8-10-26-11-9-25)23-13-15-6-5-7-16(12-15)27-17(20)21;/h5-7,12,17H,4,8-11,13-14H2,1-3H3,(H2,22,23,24);1H. The molecule has 0 spiro atoms. The Bertz CT molecular complexity index is 611. The van der Waals surface area contributed by atoms with Crippen molar-refractivity contribution in [3.05, 3.63) is 29.8 Å². The molecule has 0 aromatic heterocycles. The molecule has 1 aliphatic rings. The summed E-state index contributed by atoms with van der Waals surface area (Å²) in [7, 11) is 0. The Morgan fingerprint density at radius 3 is 2.64 bits per heavy atom. The van der Waals surface area contributed by atoms with E-state index in [2.05, 4.69) is 39.1 Å². The number of alkyl halides is 2. The number of nitrogens with one attached hydrogen (secondary N) is 2. The van der Waals surface area contributed by atoms with Crippen LogP contribution in [0.4, 0.5) is 8.78 Å². The molecule has 9 heteroatoms. The van der Waals surface area contributed by atoms with Crippen molar-refractivity contribution in [1.82, 2.24) is 15.5 Å². The number of guanidine groups is 1. The molecule has 0 bridgehead atoms. The maximum Gasteiger partial charge on any atom is 0.387 e. The van der Waals surface area contributed by atoms with Crippen molar-refractivity contribution < 1.29 is 18.3 Å². The molecule has 1 saturated heterocycles. The van der Waals surface area contributed by atoms with E-state index in [4.69, 9.17) is 4.74 Å². The van der Waals surface area contributed by atoms with Gasteiger partial charge in [0.15, 0.2) is 5.96 Å². The third-order valence-electron chi connectivity index (χ3n) is 4.44. The molecule has 1 aliphatic heterocycles. The third-order valence-corrected chi connectivity index (χ3v) is 4.44. The number of aliphatic imine (C=N–C) groups is 1. The Balaban J connectivity index is 0.00000392. The molecule has 0 aliphatic carbocycles. The van der Waals surface area contributed by atoms with Gasteiger partial charge in [0.1, 0.15) is 5.75 Å². The van der Waals surface area contributed by atoms with Crippen LogP contribution in [0.5, 0.6) is 5.75 Å². The van der Waals surface area contributed by atoms with Crippen LogP contribution in [0, 0.1) is 0 Å². The van der Waals surface area contributed by atoms with E-state index in [1.807, 2.05) is 13.0 Å². The van der Waals surface area contributed by atoms with E-state index in [0.29, 0.717) is 12.5 Å². The van der Waals surface area contributed by atoms with Gasteiger partial charge >= 0.3 is 6.61 Å². The van der Waals surface area contributed by atoms with Crippen LogP contribution in [0.25, 0.3) is 0 Å². The first-order valence-corrected chi connectivity index (χ1v) is 9.29. The van der Waals surface area contributed by atoms with Crippen molar-refractivity contribution in [3.8, 4) is 5.75 Å². The molecule has 2 rings (SSSR count). The van der Waals surface area contributed by atoms with Gasteiger partial charge < -0.3 is 20.1 Å². The number of ether oxygens (including phenoxy) is 2. The monoisotopic (exact) mass is 512 g/mol. The van der Waals surface area contributed by atoms with Crippen molar-refractivity contribution in [3.63, 3.8) is 0 Å². The molecule has 1 aromatic rings. The number of hydrogen-bond donors (Lipinski definition) is 2. The lowest BCUT2D eigenvalue weighted by Gasteiger charge is -2.41. The van der Waals surface area contributed by atoms with E-state index < -0.39 is 6.61 Å². The van der Waals surface area contributed by atoms with Gasteiger partial charge in [0.25, 0.3) is 0 Å². The number of morpholine rings is 1. The van der Waals surface area contributed by atoms with Crippen LogP contribution in [0.15, 0.2) is 29.3 Å². The van der Waals surface area contributed by atoms with E-state index >= 15 is 0 Å². The van der Waals surface area contributed by atoms with Crippen LogP contribution < -0.4 is 15.4 Å². The normalized spacial score (nSPS) is 15.9. The fourth-order valence-electron chi connectivity index (χ4n) is 2.91. The van der Waals surface area contributed by atoms with E-state index in [9.17, 15) is 8.78 Å². The van der Waals surface area contributed by atoms with Gasteiger partial charge in [-0.15, -0.1) is 24.0 Å². The Morgan fingerprint density at radius 1 is 1.29 bits per heavy atom. The molecule has 0 unspecified atom stereocenters. The van der Waals surface area contributed by atoms with Gasteiger partial charge in [0.05, 0.1) is 19.8 Å². The molecule has 28 heavy (non-hydrogen) atoms. The highest BCUT2D eigenvalue weighted by atomic mass is 127. The number of benzene rings is 1. The maximum atomic E-state index is 12.4. The average Bonchev–Trinajstić information content (AvgIpc) is 2.64. The second-order valence-corrected chi connectivity index (χ2v) is 6.99. The first-order chi connectivity index (χ1) is 12.9. The molecule has 1 aromatic carbocycles. The Labute approximate surface area is 183 Å². The van der Waals surface area contributed by atoms with Crippen LogP contribution in [0.3, 0.4) is 0 Å². The van der Waals surface area contributed by atoms with Crippen molar-refractivity contribution in [2.45, 2.75) is 39.5 Å². The van der Waals surface area contributed by atoms with Gasteiger partial charge in [-0.05, 0) is 38.5 Å². The molecular weight excluding hydrogens is 481 g/mol. The molecule has 1 heterocycles. The lowest BCUT2D eigenvalue weighted by molar-refractivity contribution is -0.0498. The predicted molar refractivity (Wildman–Crippen MR) is 118 cm³/mol. The summed E-state index contributed by atoms with van der Waals surface area (Å²) in [4.78, 5) is 6.96. The van der Waals surface area contributed by atoms with Gasteiger partial charge in [-0.1, -0.05) is 12.1 Å². The zero-order chi connectivity index (χ0) is 19.7. The van der Waals surface area contributed by atoms with Gasteiger partial charge in [0.2, 0.25) is 0 Å². The average molecular weight is 512 g/mol. The van der Waals surface area contributed by atoms with E-state index in [-0.39, 0.29) is 35.3 Å². The zero-order valence-corrected chi connectivity index (χ0v) is 19.0. The molecule has 0 saturated carbocycles.